The van der Waals surface area contributed by atoms with Gasteiger partial charge in [-0.15, -0.1) is 0 Å². The van der Waals surface area contributed by atoms with Crippen LogP contribution in [-0.2, 0) is 15.7 Å². The Labute approximate surface area is 175 Å². The number of ether oxygens (including phenoxy) is 2. The molecule has 0 amide bonds. The second-order valence-electron chi connectivity index (χ2n) is 6.90. The van der Waals surface area contributed by atoms with Crippen LogP contribution in [0.2, 0.25) is 0 Å². The first-order chi connectivity index (χ1) is 14.7. The summed E-state index contributed by atoms with van der Waals surface area (Å²) in [6, 6.07) is 9.76. The van der Waals surface area contributed by atoms with Crippen molar-refractivity contribution in [2.24, 2.45) is 0 Å². The summed E-state index contributed by atoms with van der Waals surface area (Å²) in [7, 11) is 0. The molecule has 0 aliphatic carbocycles. The summed E-state index contributed by atoms with van der Waals surface area (Å²) in [6.07, 6.45) is -1.79. The topological polar surface area (TPSA) is 47.5 Å². The van der Waals surface area contributed by atoms with E-state index in [1.807, 2.05) is 31.2 Å². The van der Waals surface area contributed by atoms with Crippen molar-refractivity contribution >= 4 is 11.4 Å². The fraction of sp³-hybridized carbons (Fsp3) is 0.182. The molecule has 0 N–H and O–H groups in total. The lowest BCUT2D eigenvalue weighted by atomic mass is 10.1. The molecule has 2 heterocycles. The normalized spacial score (nSPS) is 13.4. The maximum atomic E-state index is 14.8. The first-order valence-electron chi connectivity index (χ1n) is 9.26. The van der Waals surface area contributed by atoms with E-state index in [2.05, 4.69) is 9.97 Å². The van der Waals surface area contributed by atoms with E-state index in [9.17, 15) is 17.6 Å². The summed E-state index contributed by atoms with van der Waals surface area (Å²) in [6.45, 7) is 3.54. The van der Waals surface area contributed by atoms with Gasteiger partial charge in [0.15, 0.2) is 0 Å². The molecule has 1 aliphatic heterocycles. The number of hydrogen-bond acceptors (Lipinski definition) is 5. The number of aryl methyl sites for hydroxylation is 2. The first kappa shape index (κ1) is 20.6. The fourth-order valence-corrected chi connectivity index (χ4v) is 3.14. The van der Waals surface area contributed by atoms with Gasteiger partial charge in [0.25, 0.3) is 0 Å². The zero-order valence-electron chi connectivity index (χ0n) is 16.6. The van der Waals surface area contributed by atoms with Gasteiger partial charge in [0.05, 0.1) is 17.4 Å². The van der Waals surface area contributed by atoms with Gasteiger partial charge in [0, 0.05) is 11.3 Å². The van der Waals surface area contributed by atoms with Gasteiger partial charge < -0.3 is 9.47 Å². The van der Waals surface area contributed by atoms with Gasteiger partial charge in [-0.25, -0.2) is 14.4 Å². The van der Waals surface area contributed by atoms with Gasteiger partial charge in [-0.3, -0.25) is 4.90 Å². The molecule has 1 aromatic heterocycles. The molecular formula is C22H17F4N3O2. The molecule has 0 saturated carbocycles. The van der Waals surface area contributed by atoms with E-state index in [4.69, 9.17) is 9.47 Å². The second-order valence-corrected chi connectivity index (χ2v) is 6.90. The van der Waals surface area contributed by atoms with Crippen LogP contribution in [0.25, 0.3) is 11.3 Å². The SMILES string of the molecule is Cc1ccc(N(C2=COCO2)c2cnc(C)nc2-c2ccc(C(F)(F)F)cc2F)cc1. The molecule has 0 spiro atoms. The largest absolute Gasteiger partial charge is 0.459 e. The van der Waals surface area contributed by atoms with E-state index in [1.54, 1.807) is 11.8 Å². The third-order valence-electron chi connectivity index (χ3n) is 4.65. The lowest BCUT2D eigenvalue weighted by Crippen LogP contribution is -2.19. The van der Waals surface area contributed by atoms with Crippen LogP contribution in [-0.4, -0.2) is 16.8 Å². The van der Waals surface area contributed by atoms with Crippen LogP contribution in [0.5, 0.6) is 0 Å². The van der Waals surface area contributed by atoms with Crippen molar-refractivity contribution in [1.29, 1.82) is 0 Å². The summed E-state index contributed by atoms with van der Waals surface area (Å²) in [4.78, 5) is 10.2. The Morgan fingerprint density at radius 2 is 1.77 bits per heavy atom. The smallest absolute Gasteiger partial charge is 0.416 e. The lowest BCUT2D eigenvalue weighted by Gasteiger charge is -2.26. The average Bonchev–Trinajstić information content (AvgIpc) is 3.24. The van der Waals surface area contributed by atoms with E-state index in [-0.39, 0.29) is 18.1 Å². The molecule has 1 aliphatic rings. The number of nitrogens with zero attached hydrogens (tertiary/aromatic N) is 3. The second kappa shape index (κ2) is 7.90. The molecular weight excluding hydrogens is 414 g/mol. The maximum absolute atomic E-state index is 14.8. The number of rotatable bonds is 4. The van der Waals surface area contributed by atoms with E-state index < -0.39 is 17.6 Å². The van der Waals surface area contributed by atoms with Gasteiger partial charge >= 0.3 is 6.18 Å². The molecule has 2 aromatic carbocycles. The Kier molecular flexibility index (Phi) is 5.26. The van der Waals surface area contributed by atoms with Crippen LogP contribution in [0.3, 0.4) is 0 Å². The maximum Gasteiger partial charge on any atom is 0.416 e. The van der Waals surface area contributed by atoms with Crippen molar-refractivity contribution in [1.82, 2.24) is 9.97 Å². The number of halogens is 4. The Morgan fingerprint density at radius 3 is 2.39 bits per heavy atom. The van der Waals surface area contributed by atoms with Gasteiger partial charge in [-0.1, -0.05) is 17.7 Å². The van der Waals surface area contributed by atoms with Gasteiger partial charge in [-0.2, -0.15) is 13.2 Å². The number of anilines is 2. The van der Waals surface area contributed by atoms with Crippen molar-refractivity contribution < 1.29 is 27.0 Å². The molecule has 3 aromatic rings. The van der Waals surface area contributed by atoms with Crippen LogP contribution in [0.1, 0.15) is 17.0 Å². The van der Waals surface area contributed by atoms with Crippen LogP contribution in [0.15, 0.2) is 60.8 Å². The first-order valence-corrected chi connectivity index (χ1v) is 9.26. The van der Waals surface area contributed by atoms with Crippen molar-refractivity contribution in [2.75, 3.05) is 11.7 Å². The Hall–Kier alpha value is -3.62. The predicted octanol–water partition coefficient (Wildman–Crippen LogP) is 5.86. The summed E-state index contributed by atoms with van der Waals surface area (Å²) in [5.74, 6) is -0.403. The molecule has 0 unspecified atom stereocenters. The predicted molar refractivity (Wildman–Crippen MR) is 106 cm³/mol. The molecule has 5 nitrogen and oxygen atoms in total. The third kappa shape index (κ3) is 4.16. The van der Waals surface area contributed by atoms with E-state index in [1.165, 1.54) is 12.5 Å². The average molecular weight is 431 g/mol. The molecule has 9 heteroatoms. The lowest BCUT2D eigenvalue weighted by molar-refractivity contribution is -0.137. The van der Waals surface area contributed by atoms with E-state index in [0.29, 0.717) is 29.1 Å². The molecule has 0 saturated heterocycles. The standard InChI is InChI=1S/C22H17F4N3O2/c1-13-3-6-16(7-4-13)29(20-11-30-12-31-20)19-10-27-14(2)28-21(19)17-8-5-15(9-18(17)23)22(24,25)26/h3-11H,12H2,1-2H3. The molecule has 0 fully saturated rings. The Bertz CT molecular complexity index is 1140. The molecule has 4 rings (SSSR count). The minimum absolute atomic E-state index is 0.00557. The highest BCUT2D eigenvalue weighted by molar-refractivity contribution is 5.81. The van der Waals surface area contributed by atoms with Crippen molar-refractivity contribution in [3.63, 3.8) is 0 Å². The Morgan fingerprint density at radius 1 is 1.03 bits per heavy atom. The van der Waals surface area contributed by atoms with Crippen LogP contribution in [0, 0.1) is 19.7 Å². The Balaban J connectivity index is 1.90. The van der Waals surface area contributed by atoms with Crippen molar-refractivity contribution in [2.45, 2.75) is 20.0 Å². The quantitative estimate of drug-likeness (QED) is 0.485. The van der Waals surface area contributed by atoms with E-state index in [0.717, 1.165) is 17.7 Å². The molecule has 160 valence electrons. The zero-order chi connectivity index (χ0) is 22.2. The molecule has 31 heavy (non-hydrogen) atoms. The highest BCUT2D eigenvalue weighted by Gasteiger charge is 2.32. The highest BCUT2D eigenvalue weighted by atomic mass is 19.4. The molecule has 0 atom stereocenters. The van der Waals surface area contributed by atoms with Crippen LogP contribution >= 0.6 is 0 Å². The van der Waals surface area contributed by atoms with Crippen molar-refractivity contribution in [3.05, 3.63) is 83.6 Å². The number of aromatic nitrogens is 2. The minimum atomic E-state index is -4.66. The number of alkyl halides is 3. The summed E-state index contributed by atoms with van der Waals surface area (Å²) >= 11 is 0. The summed E-state index contributed by atoms with van der Waals surface area (Å²) in [5.41, 5.74) is 0.955. The number of hydrogen-bond donors (Lipinski definition) is 0. The monoisotopic (exact) mass is 431 g/mol. The molecule has 0 radical (unpaired) electrons. The highest BCUT2D eigenvalue weighted by Crippen LogP contribution is 2.39. The van der Waals surface area contributed by atoms with Crippen LogP contribution in [0.4, 0.5) is 28.9 Å². The van der Waals surface area contributed by atoms with Gasteiger partial charge in [0.2, 0.25) is 12.7 Å². The van der Waals surface area contributed by atoms with Gasteiger partial charge in [0.1, 0.15) is 23.6 Å². The summed E-state index contributed by atoms with van der Waals surface area (Å²) in [5, 5.41) is 0. The number of benzene rings is 2. The fourth-order valence-electron chi connectivity index (χ4n) is 3.14. The van der Waals surface area contributed by atoms with Gasteiger partial charge in [-0.05, 0) is 44.2 Å². The van der Waals surface area contributed by atoms with E-state index >= 15 is 0 Å². The summed E-state index contributed by atoms with van der Waals surface area (Å²) < 4.78 is 64.5. The third-order valence-corrected chi connectivity index (χ3v) is 4.65. The van der Waals surface area contributed by atoms with Crippen LogP contribution < -0.4 is 4.90 Å². The van der Waals surface area contributed by atoms with Crippen molar-refractivity contribution in [3.8, 4) is 11.3 Å². The molecule has 0 bridgehead atoms. The minimum Gasteiger partial charge on any atom is -0.459 e. The zero-order valence-corrected chi connectivity index (χ0v) is 16.6.